The molecule has 0 bridgehead atoms. The van der Waals surface area contributed by atoms with Crippen LogP contribution in [-0.2, 0) is 19.0 Å². The van der Waals surface area contributed by atoms with Crippen molar-refractivity contribution >= 4 is 23.8 Å². The summed E-state index contributed by atoms with van der Waals surface area (Å²) in [6.07, 6.45) is -2.16. The number of carbonyl (C=O) groups excluding carboxylic acids is 4. The Morgan fingerprint density at radius 3 is 1.63 bits per heavy atom. The minimum absolute atomic E-state index is 0.174. The summed E-state index contributed by atoms with van der Waals surface area (Å²) in [5, 5.41) is 5.94. The molecule has 0 radical (unpaired) electrons. The number of hydrogen-bond acceptors (Lipinski definition) is 8. The van der Waals surface area contributed by atoms with E-state index in [1.807, 2.05) is 0 Å². The summed E-state index contributed by atoms with van der Waals surface area (Å²) in [4.78, 5) is 50.6. The normalized spacial score (nSPS) is 20.6. The number of carbonyl (C=O) groups is 4. The lowest BCUT2D eigenvalue weighted by molar-refractivity contribution is -0.123. The SMILES string of the molecule is CC(=O)N[C@H]1CN[C@H](COC(=O)c2ccccc2)[C@H](OC(=O)c2ccccc2)[C@@H]1OC(=O)c1ccccc1. The smallest absolute Gasteiger partial charge is 0.338 e. The predicted octanol–water partition coefficient (Wildman–Crippen LogP) is 2.77. The van der Waals surface area contributed by atoms with Crippen LogP contribution < -0.4 is 10.6 Å². The molecule has 0 saturated carbocycles. The van der Waals surface area contributed by atoms with Gasteiger partial charge in [0.05, 0.1) is 28.8 Å². The molecule has 2 N–H and O–H groups in total. The first-order valence-corrected chi connectivity index (χ1v) is 12.2. The van der Waals surface area contributed by atoms with E-state index < -0.39 is 42.2 Å². The maximum atomic E-state index is 13.1. The number of esters is 3. The molecule has 4 atom stereocenters. The monoisotopic (exact) mass is 516 g/mol. The zero-order valence-electron chi connectivity index (χ0n) is 20.7. The molecule has 9 heteroatoms. The fraction of sp³-hybridized carbons (Fsp3) is 0.241. The fourth-order valence-electron chi connectivity index (χ4n) is 4.17. The molecule has 0 aliphatic carbocycles. The van der Waals surface area contributed by atoms with Crippen LogP contribution in [0.5, 0.6) is 0 Å². The number of rotatable bonds is 8. The van der Waals surface area contributed by atoms with Crippen LogP contribution in [0.2, 0.25) is 0 Å². The van der Waals surface area contributed by atoms with Gasteiger partial charge in [-0.1, -0.05) is 54.6 Å². The molecule has 1 aliphatic rings. The fourth-order valence-corrected chi connectivity index (χ4v) is 4.17. The minimum Gasteiger partial charge on any atom is -0.460 e. The van der Waals surface area contributed by atoms with Gasteiger partial charge in [0.25, 0.3) is 0 Å². The lowest BCUT2D eigenvalue weighted by atomic mass is 9.93. The first kappa shape index (κ1) is 26.6. The average Bonchev–Trinajstić information content (AvgIpc) is 2.95. The molecule has 1 saturated heterocycles. The van der Waals surface area contributed by atoms with Gasteiger partial charge in [-0.15, -0.1) is 0 Å². The van der Waals surface area contributed by atoms with Crippen LogP contribution in [0.3, 0.4) is 0 Å². The maximum absolute atomic E-state index is 13.1. The molecular weight excluding hydrogens is 488 g/mol. The summed E-state index contributed by atoms with van der Waals surface area (Å²) >= 11 is 0. The molecule has 3 aromatic carbocycles. The molecule has 196 valence electrons. The van der Waals surface area contributed by atoms with Crippen LogP contribution in [0.15, 0.2) is 91.0 Å². The van der Waals surface area contributed by atoms with Crippen molar-refractivity contribution in [3.63, 3.8) is 0 Å². The molecular formula is C29H28N2O7. The van der Waals surface area contributed by atoms with Gasteiger partial charge >= 0.3 is 17.9 Å². The Labute approximate surface area is 220 Å². The average molecular weight is 517 g/mol. The van der Waals surface area contributed by atoms with E-state index in [1.54, 1.807) is 91.0 Å². The van der Waals surface area contributed by atoms with Gasteiger partial charge < -0.3 is 24.8 Å². The van der Waals surface area contributed by atoms with E-state index in [0.717, 1.165) is 0 Å². The third kappa shape index (κ3) is 6.83. The Hall–Kier alpha value is -4.50. The Balaban J connectivity index is 1.60. The van der Waals surface area contributed by atoms with Gasteiger partial charge in [-0.3, -0.25) is 4.79 Å². The molecule has 9 nitrogen and oxygen atoms in total. The summed E-state index contributed by atoms with van der Waals surface area (Å²) in [5.74, 6) is -2.20. The maximum Gasteiger partial charge on any atom is 0.338 e. The Morgan fingerprint density at radius 1 is 0.711 bits per heavy atom. The molecule has 3 aromatic rings. The zero-order valence-corrected chi connectivity index (χ0v) is 20.7. The second-order valence-corrected chi connectivity index (χ2v) is 8.76. The van der Waals surface area contributed by atoms with Gasteiger partial charge in [-0.25, -0.2) is 14.4 Å². The van der Waals surface area contributed by atoms with E-state index in [2.05, 4.69) is 10.6 Å². The topological polar surface area (TPSA) is 120 Å². The lowest BCUT2D eigenvalue weighted by Crippen LogP contribution is -2.67. The number of amides is 1. The third-order valence-corrected chi connectivity index (χ3v) is 6.01. The second-order valence-electron chi connectivity index (χ2n) is 8.76. The molecule has 1 heterocycles. The van der Waals surface area contributed by atoms with E-state index in [0.29, 0.717) is 16.7 Å². The van der Waals surface area contributed by atoms with Crippen LogP contribution >= 0.6 is 0 Å². The van der Waals surface area contributed by atoms with E-state index >= 15 is 0 Å². The highest BCUT2D eigenvalue weighted by Crippen LogP contribution is 2.22. The van der Waals surface area contributed by atoms with Crippen molar-refractivity contribution in [1.29, 1.82) is 0 Å². The Bertz CT molecular complexity index is 1250. The highest BCUT2D eigenvalue weighted by molar-refractivity contribution is 5.91. The summed E-state index contributed by atoms with van der Waals surface area (Å²) in [6.45, 7) is 1.35. The van der Waals surface area contributed by atoms with E-state index in [-0.39, 0.29) is 19.1 Å². The summed E-state index contributed by atoms with van der Waals surface area (Å²) in [7, 11) is 0. The van der Waals surface area contributed by atoms with Crippen LogP contribution in [0, 0.1) is 0 Å². The van der Waals surface area contributed by atoms with Gasteiger partial charge in [-0.2, -0.15) is 0 Å². The summed E-state index contributed by atoms with van der Waals surface area (Å²) in [5.41, 5.74) is 0.958. The standard InChI is InChI=1S/C29H28N2O7/c1-19(32)31-23-17-30-24(18-36-27(33)20-11-5-2-6-12-20)26(38-29(35)22-15-9-4-10-16-22)25(23)37-28(34)21-13-7-3-8-14-21/h2-16,23-26,30H,17-18H2,1H3,(H,31,32)/t23-,24+,25+,26-/m0/s1. The van der Waals surface area contributed by atoms with Crippen molar-refractivity contribution in [2.75, 3.05) is 13.2 Å². The second kappa shape index (κ2) is 12.6. The lowest BCUT2D eigenvalue weighted by Gasteiger charge is -2.42. The number of nitrogens with one attached hydrogen (secondary N) is 2. The molecule has 4 rings (SSSR count). The van der Waals surface area contributed by atoms with Crippen molar-refractivity contribution in [3.05, 3.63) is 108 Å². The van der Waals surface area contributed by atoms with Crippen molar-refractivity contribution in [3.8, 4) is 0 Å². The molecule has 0 spiro atoms. The number of piperidine rings is 1. The number of benzene rings is 3. The first-order valence-electron chi connectivity index (χ1n) is 12.2. The highest BCUT2D eigenvalue weighted by Gasteiger charge is 2.45. The quantitative estimate of drug-likeness (QED) is 0.347. The van der Waals surface area contributed by atoms with Crippen LogP contribution in [0.25, 0.3) is 0 Å². The van der Waals surface area contributed by atoms with Gasteiger partial charge in [0, 0.05) is 13.5 Å². The van der Waals surface area contributed by atoms with Gasteiger partial charge in [0.2, 0.25) is 5.91 Å². The first-order chi connectivity index (χ1) is 18.4. The Kier molecular flexibility index (Phi) is 8.84. The molecule has 1 fully saturated rings. The van der Waals surface area contributed by atoms with Gasteiger partial charge in [0.1, 0.15) is 6.61 Å². The summed E-state index contributed by atoms with van der Waals surface area (Å²) < 4.78 is 17.2. The minimum atomic E-state index is -1.09. The van der Waals surface area contributed by atoms with Crippen molar-refractivity contribution in [2.45, 2.75) is 31.2 Å². The molecule has 1 aliphatic heterocycles. The molecule has 0 unspecified atom stereocenters. The zero-order chi connectivity index (χ0) is 26.9. The van der Waals surface area contributed by atoms with Crippen molar-refractivity contribution < 1.29 is 33.4 Å². The van der Waals surface area contributed by atoms with Gasteiger partial charge in [0.15, 0.2) is 12.2 Å². The molecule has 38 heavy (non-hydrogen) atoms. The predicted molar refractivity (Wildman–Crippen MR) is 137 cm³/mol. The largest absolute Gasteiger partial charge is 0.460 e. The van der Waals surface area contributed by atoms with E-state index in [1.165, 1.54) is 6.92 Å². The van der Waals surface area contributed by atoms with E-state index in [4.69, 9.17) is 14.2 Å². The molecule has 1 amide bonds. The number of ether oxygens (including phenoxy) is 3. The van der Waals surface area contributed by atoms with Gasteiger partial charge in [-0.05, 0) is 36.4 Å². The Morgan fingerprint density at radius 2 is 1.16 bits per heavy atom. The van der Waals surface area contributed by atoms with Crippen LogP contribution in [0.4, 0.5) is 0 Å². The highest BCUT2D eigenvalue weighted by atomic mass is 16.6. The third-order valence-electron chi connectivity index (χ3n) is 6.01. The van der Waals surface area contributed by atoms with E-state index in [9.17, 15) is 19.2 Å². The summed E-state index contributed by atoms with van der Waals surface area (Å²) in [6, 6.07) is 23.7. The number of hydrogen-bond donors (Lipinski definition) is 2. The van der Waals surface area contributed by atoms with Crippen LogP contribution in [-0.4, -0.2) is 61.3 Å². The van der Waals surface area contributed by atoms with Crippen molar-refractivity contribution in [1.82, 2.24) is 10.6 Å². The molecule has 0 aromatic heterocycles. The van der Waals surface area contributed by atoms with Crippen LogP contribution in [0.1, 0.15) is 38.0 Å². The van der Waals surface area contributed by atoms with Crippen molar-refractivity contribution in [2.24, 2.45) is 0 Å².